The third kappa shape index (κ3) is 7.26. The number of rotatable bonds is 12. The number of nitrogens with one attached hydrogen (secondary N) is 1. The molecule has 3 heterocycles. The van der Waals surface area contributed by atoms with Crippen molar-refractivity contribution in [1.29, 1.82) is 0 Å². The third-order valence-corrected chi connectivity index (χ3v) is 8.93. The van der Waals surface area contributed by atoms with Crippen LogP contribution < -0.4 is 10.1 Å². The van der Waals surface area contributed by atoms with E-state index in [9.17, 15) is 28.2 Å². The Balaban J connectivity index is 1.25. The molecule has 0 unspecified atom stereocenters. The number of aliphatic carboxylic acids is 1. The molecule has 0 radical (unpaired) electrons. The fourth-order valence-electron chi connectivity index (χ4n) is 6.25. The van der Waals surface area contributed by atoms with Crippen LogP contribution in [0.25, 0.3) is 10.9 Å². The van der Waals surface area contributed by atoms with Gasteiger partial charge in [0.1, 0.15) is 11.6 Å². The number of aliphatic hydroxyl groups is 1. The van der Waals surface area contributed by atoms with Gasteiger partial charge in [0, 0.05) is 56.4 Å². The van der Waals surface area contributed by atoms with Gasteiger partial charge >= 0.3 is 5.97 Å². The Morgan fingerprint density at radius 3 is 2.57 bits per heavy atom. The van der Waals surface area contributed by atoms with E-state index in [2.05, 4.69) is 15.2 Å². The highest BCUT2D eigenvalue weighted by molar-refractivity contribution is 5.85. The van der Waals surface area contributed by atoms with E-state index in [1.807, 2.05) is 23.1 Å². The Bertz CT molecular complexity index is 1460. The molecule has 2 aromatic carbocycles. The second-order valence-electron chi connectivity index (χ2n) is 11.6. The van der Waals surface area contributed by atoms with Crippen molar-refractivity contribution in [1.82, 2.24) is 14.8 Å². The van der Waals surface area contributed by atoms with Crippen LogP contribution in [0.2, 0.25) is 0 Å². The van der Waals surface area contributed by atoms with Crippen LogP contribution in [0.3, 0.4) is 0 Å². The van der Waals surface area contributed by atoms with E-state index in [1.54, 1.807) is 13.3 Å². The van der Waals surface area contributed by atoms with Crippen LogP contribution in [-0.2, 0) is 16.1 Å². The van der Waals surface area contributed by atoms with E-state index >= 15 is 0 Å². The van der Waals surface area contributed by atoms with E-state index in [0.29, 0.717) is 64.1 Å². The third-order valence-electron chi connectivity index (χ3n) is 8.93. The average molecular weight is 617 g/mol. The second kappa shape index (κ2) is 14.1. The molecule has 12 heteroatoms. The molecule has 0 aliphatic carbocycles. The van der Waals surface area contributed by atoms with E-state index in [4.69, 9.17) is 9.47 Å². The van der Waals surface area contributed by atoms with Gasteiger partial charge in [-0.1, -0.05) is 0 Å². The molecule has 2 fully saturated rings. The Hall–Kier alpha value is -3.45. The first-order valence-corrected chi connectivity index (χ1v) is 15.0. The number of aromatic nitrogens is 1. The van der Waals surface area contributed by atoms with Crippen LogP contribution >= 0.6 is 0 Å². The number of carboxylic acid groups (broad SMARTS) is 1. The topological polar surface area (TPSA) is 107 Å². The number of ether oxygens (including phenoxy) is 2. The number of aliphatic hydroxyl groups excluding tert-OH is 1. The van der Waals surface area contributed by atoms with Crippen molar-refractivity contribution < 1.29 is 37.7 Å². The minimum Gasteiger partial charge on any atom is -0.497 e. The zero-order chi connectivity index (χ0) is 31.3. The van der Waals surface area contributed by atoms with Crippen molar-refractivity contribution in [3.05, 3.63) is 65.1 Å². The van der Waals surface area contributed by atoms with Crippen LogP contribution in [0.4, 0.5) is 18.9 Å². The lowest BCUT2D eigenvalue weighted by atomic mass is 9.73. The van der Waals surface area contributed by atoms with Crippen LogP contribution in [0.15, 0.2) is 36.5 Å². The molecule has 44 heavy (non-hydrogen) atoms. The molecular weight excluding hydrogens is 577 g/mol. The van der Waals surface area contributed by atoms with Crippen molar-refractivity contribution in [3.63, 3.8) is 0 Å². The molecule has 0 bridgehead atoms. The molecular formula is C32H39F3N4O5. The van der Waals surface area contributed by atoms with E-state index in [1.165, 1.54) is 0 Å². The van der Waals surface area contributed by atoms with Crippen LogP contribution in [0.1, 0.15) is 42.9 Å². The summed E-state index contributed by atoms with van der Waals surface area (Å²) >= 11 is 0. The first kappa shape index (κ1) is 32.0. The summed E-state index contributed by atoms with van der Waals surface area (Å²) in [4.78, 5) is 21.5. The Morgan fingerprint density at radius 2 is 1.86 bits per heavy atom. The van der Waals surface area contributed by atoms with Gasteiger partial charge in [0.15, 0.2) is 11.6 Å². The number of fused-ring (bicyclic) bond motifs is 1. The van der Waals surface area contributed by atoms with E-state index in [0.717, 1.165) is 41.2 Å². The number of carboxylic acids is 1. The number of hydrogen-bond acceptors (Lipinski definition) is 8. The fourth-order valence-corrected chi connectivity index (χ4v) is 6.25. The van der Waals surface area contributed by atoms with Crippen molar-refractivity contribution in [3.8, 4) is 5.75 Å². The number of halogens is 3. The monoisotopic (exact) mass is 616 g/mol. The van der Waals surface area contributed by atoms with Crippen molar-refractivity contribution >= 4 is 22.6 Å². The number of likely N-dealkylation sites (tertiary alicyclic amines) is 1. The van der Waals surface area contributed by atoms with Crippen LogP contribution in [-0.4, -0.2) is 90.6 Å². The Labute approximate surface area is 254 Å². The number of piperidine rings is 1. The smallest absolute Gasteiger partial charge is 0.309 e. The molecule has 0 spiro atoms. The zero-order valence-electron chi connectivity index (χ0n) is 24.8. The summed E-state index contributed by atoms with van der Waals surface area (Å²) in [5.74, 6) is -3.52. The van der Waals surface area contributed by atoms with Gasteiger partial charge in [0.05, 0.1) is 43.0 Å². The van der Waals surface area contributed by atoms with Crippen molar-refractivity contribution in [2.75, 3.05) is 64.9 Å². The van der Waals surface area contributed by atoms with Crippen LogP contribution in [0.5, 0.6) is 5.75 Å². The van der Waals surface area contributed by atoms with Gasteiger partial charge in [0.25, 0.3) is 0 Å². The first-order valence-electron chi connectivity index (χ1n) is 15.0. The molecule has 3 aromatic rings. The fraction of sp³-hybridized carbons (Fsp3) is 0.500. The number of carbonyl (C=O) groups is 1. The molecule has 3 N–H and O–H groups in total. The van der Waals surface area contributed by atoms with Gasteiger partial charge in [0.2, 0.25) is 0 Å². The number of hydrogen-bond donors (Lipinski definition) is 3. The molecule has 238 valence electrons. The number of anilines is 1. The number of benzene rings is 2. The maximum atomic E-state index is 14.0. The summed E-state index contributed by atoms with van der Waals surface area (Å²) in [7, 11) is 1.58. The molecule has 9 nitrogen and oxygen atoms in total. The maximum absolute atomic E-state index is 14.0. The first-order chi connectivity index (χ1) is 21.2. The summed E-state index contributed by atoms with van der Waals surface area (Å²) in [6.45, 7) is 5.08. The molecule has 5 rings (SSSR count). The highest BCUT2D eigenvalue weighted by atomic mass is 19.2. The van der Waals surface area contributed by atoms with Gasteiger partial charge < -0.3 is 29.9 Å². The summed E-state index contributed by atoms with van der Waals surface area (Å²) in [5, 5.41) is 25.5. The number of pyridine rings is 1. The minimum atomic E-state index is -1.26. The summed E-state index contributed by atoms with van der Waals surface area (Å²) in [5.41, 5.74) is 1.10. The lowest BCUT2D eigenvalue weighted by Crippen LogP contribution is -2.45. The normalized spacial score (nSPS) is 18.3. The highest BCUT2D eigenvalue weighted by Crippen LogP contribution is 2.40. The van der Waals surface area contributed by atoms with Gasteiger partial charge in [-0.25, -0.2) is 13.2 Å². The number of methoxy groups -OCH3 is 1. The van der Waals surface area contributed by atoms with Gasteiger partial charge in [-0.3, -0.25) is 14.7 Å². The number of nitrogens with zero attached hydrogens (tertiary/aromatic N) is 3. The zero-order valence-corrected chi connectivity index (χ0v) is 24.8. The van der Waals surface area contributed by atoms with Gasteiger partial charge in [-0.05, 0) is 68.1 Å². The lowest BCUT2D eigenvalue weighted by molar-refractivity contribution is -0.153. The minimum absolute atomic E-state index is 0.239. The molecule has 1 atom stereocenters. The molecule has 2 aliphatic heterocycles. The summed E-state index contributed by atoms with van der Waals surface area (Å²) < 4.78 is 51.9. The summed E-state index contributed by atoms with van der Waals surface area (Å²) in [6, 6.07) is 6.94. The average Bonchev–Trinajstić information content (AvgIpc) is 3.02. The molecule has 1 aromatic heterocycles. The maximum Gasteiger partial charge on any atom is 0.309 e. The largest absolute Gasteiger partial charge is 0.497 e. The Kier molecular flexibility index (Phi) is 10.2. The molecule has 2 aliphatic rings. The second-order valence-corrected chi connectivity index (χ2v) is 11.6. The molecule has 0 amide bonds. The van der Waals surface area contributed by atoms with Crippen molar-refractivity contribution in [2.45, 2.75) is 38.3 Å². The molecule has 2 saturated heterocycles. The Morgan fingerprint density at radius 1 is 1.11 bits per heavy atom. The standard InChI is InChI=1S/C32H39F3N4O5/c1-43-23-2-3-26-24(18-23)29(21(19-37-26)20-39-12-14-44-15-13-39)28(40)4-5-32(31(41)42)6-9-38(10-7-32)11-8-36-27-17-22(33)16-25(34)30(27)35/h2-3,16-19,28,36,40H,4-15,20H2,1H3,(H,41,42)/t28-/m1/s1. The predicted octanol–water partition coefficient (Wildman–Crippen LogP) is 4.59. The highest BCUT2D eigenvalue weighted by Gasteiger charge is 2.41. The predicted molar refractivity (Wildman–Crippen MR) is 159 cm³/mol. The van der Waals surface area contributed by atoms with Gasteiger partial charge in [-0.15, -0.1) is 0 Å². The quantitative estimate of drug-likeness (QED) is 0.252. The molecule has 0 saturated carbocycles. The van der Waals surface area contributed by atoms with Gasteiger partial charge in [-0.2, -0.15) is 0 Å². The van der Waals surface area contributed by atoms with Crippen molar-refractivity contribution in [2.24, 2.45) is 5.41 Å². The number of morpholine rings is 1. The van der Waals surface area contributed by atoms with E-state index in [-0.39, 0.29) is 25.1 Å². The summed E-state index contributed by atoms with van der Waals surface area (Å²) in [6.07, 6.45) is 2.18. The van der Waals surface area contributed by atoms with Crippen LogP contribution in [0, 0.1) is 22.9 Å². The lowest BCUT2D eigenvalue weighted by Gasteiger charge is -2.39. The SMILES string of the molecule is COc1ccc2ncc(CN3CCOCC3)c([C@H](O)CCC3(C(=O)O)CCN(CCNc4cc(F)cc(F)c4F)CC3)c2c1. The van der Waals surface area contributed by atoms with E-state index < -0.39 is 34.9 Å².